The lowest BCUT2D eigenvalue weighted by molar-refractivity contribution is 0.670. The van der Waals surface area contributed by atoms with E-state index in [4.69, 9.17) is 0 Å². The molecule has 74 heavy (non-hydrogen) atoms. The van der Waals surface area contributed by atoms with Gasteiger partial charge in [-0.25, -0.2) is 0 Å². The number of thiophene rings is 4. The molecule has 0 radical (unpaired) electrons. The molecule has 4 heterocycles. The van der Waals surface area contributed by atoms with Crippen molar-refractivity contribution in [2.75, 3.05) is 0 Å². The third-order valence-electron chi connectivity index (χ3n) is 15.0. The minimum Gasteiger partial charge on any atom is -0.132 e. The van der Waals surface area contributed by atoms with E-state index in [1.165, 1.54) is 177 Å². The molecule has 0 bridgehead atoms. The Morgan fingerprint density at radius 2 is 0.676 bits per heavy atom. The number of aryl methyl sites for hydroxylation is 4. The van der Waals surface area contributed by atoms with Crippen LogP contribution in [0.2, 0.25) is 0 Å². The summed E-state index contributed by atoms with van der Waals surface area (Å²) in [6, 6.07) is 36.8. The molecule has 4 aromatic carbocycles. The lowest BCUT2D eigenvalue weighted by Gasteiger charge is -2.35. The molecular formula is C70H70S4. The van der Waals surface area contributed by atoms with E-state index in [1.807, 2.05) is 45.3 Å². The van der Waals surface area contributed by atoms with Crippen molar-refractivity contribution in [1.82, 2.24) is 0 Å². The standard InChI is InChI=1S/C70H70S4/c1-5-9-13-17-23-51-35-39-55(71-51)33-31-49-47-65-61(45-43-57-41-37-53(73-57)25-19-15-11-7-3)64-30-22-28-60-50(32-34-56-40-36-52(72-56)24-18-14-10-6-2)48-66-62(46-44-58-42-38-54(74-58)26-20-16-12-8-4)63-29-21-27-59(49)67(63)69(65)70(66)68(60)64/h21-22,27-30,35-42,47-48,61-62H,5-20,23-26H2,1-4H3. The van der Waals surface area contributed by atoms with Gasteiger partial charge in [0.1, 0.15) is 0 Å². The Bertz CT molecular complexity index is 3280. The molecule has 4 heteroatoms. The predicted molar refractivity (Wildman–Crippen MR) is 325 cm³/mol. The second kappa shape index (κ2) is 25.3. The van der Waals surface area contributed by atoms with Gasteiger partial charge in [-0.05, 0) is 167 Å². The molecule has 4 aromatic heterocycles. The summed E-state index contributed by atoms with van der Waals surface area (Å²) >= 11 is 7.46. The SMILES string of the molecule is CCCCCCc1ccc(C#Cc2cc3c4c5c(cccc25)C(C#Cc2ccc(CCCCCC)s2)c2cc(C#Cc5ccc(CCCCCC)s5)c5cccc(c5c2-4)C3C#Cc2ccc(CCCCCC)s2)s1. The highest BCUT2D eigenvalue weighted by molar-refractivity contribution is 7.13. The molecule has 0 saturated carbocycles. The highest BCUT2D eigenvalue weighted by Crippen LogP contribution is 2.56. The summed E-state index contributed by atoms with van der Waals surface area (Å²) in [6.07, 6.45) is 24.8. The van der Waals surface area contributed by atoms with Gasteiger partial charge < -0.3 is 0 Å². The molecule has 0 amide bonds. The number of hydrogen-bond donors (Lipinski definition) is 0. The van der Waals surface area contributed by atoms with E-state index in [-0.39, 0.29) is 11.8 Å². The van der Waals surface area contributed by atoms with Crippen LogP contribution in [0.3, 0.4) is 0 Å². The Kier molecular flexibility index (Phi) is 17.8. The van der Waals surface area contributed by atoms with Gasteiger partial charge in [-0.2, -0.15) is 0 Å². The van der Waals surface area contributed by atoms with Crippen LogP contribution in [0.5, 0.6) is 0 Å². The average Bonchev–Trinajstić information content (AvgIpc) is 4.31. The van der Waals surface area contributed by atoms with Crippen LogP contribution >= 0.6 is 45.3 Å². The van der Waals surface area contributed by atoms with Crippen molar-refractivity contribution in [2.45, 2.75) is 168 Å². The third kappa shape index (κ3) is 11.9. The van der Waals surface area contributed by atoms with Crippen LogP contribution in [-0.4, -0.2) is 0 Å². The van der Waals surface area contributed by atoms with Crippen LogP contribution in [0.1, 0.15) is 215 Å². The second-order valence-electron chi connectivity index (χ2n) is 20.5. The molecule has 2 aliphatic carbocycles. The fourth-order valence-corrected chi connectivity index (χ4v) is 14.8. The molecule has 0 saturated heterocycles. The molecular weight excluding hydrogens is 969 g/mol. The minimum absolute atomic E-state index is 0.154. The lowest BCUT2D eigenvalue weighted by Crippen LogP contribution is -2.17. The zero-order valence-electron chi connectivity index (χ0n) is 44.2. The highest BCUT2D eigenvalue weighted by atomic mass is 32.1. The molecule has 0 aliphatic heterocycles. The summed E-state index contributed by atoms with van der Waals surface area (Å²) in [4.78, 5) is 10.3. The Morgan fingerprint density at radius 1 is 0.338 bits per heavy atom. The summed E-state index contributed by atoms with van der Waals surface area (Å²) in [7, 11) is 0. The molecule has 0 fully saturated rings. The topological polar surface area (TPSA) is 0 Å². The van der Waals surface area contributed by atoms with E-state index in [2.05, 4.69) is 172 Å². The normalized spacial score (nSPS) is 13.8. The Balaban J connectivity index is 1.14. The molecule has 374 valence electrons. The molecule has 10 rings (SSSR count). The molecule has 2 aliphatic rings. The van der Waals surface area contributed by atoms with Gasteiger partial charge in [0.15, 0.2) is 0 Å². The maximum Gasteiger partial charge on any atom is 0.0775 e. The van der Waals surface area contributed by atoms with E-state index in [0.717, 1.165) is 56.3 Å². The second-order valence-corrected chi connectivity index (χ2v) is 25.2. The summed E-state index contributed by atoms with van der Waals surface area (Å²) in [6.45, 7) is 9.14. The van der Waals surface area contributed by atoms with Crippen molar-refractivity contribution in [3.8, 4) is 58.5 Å². The van der Waals surface area contributed by atoms with Gasteiger partial charge in [0.05, 0.1) is 31.3 Å². The Labute approximate surface area is 459 Å². The Morgan fingerprint density at radius 3 is 1.01 bits per heavy atom. The summed E-state index contributed by atoms with van der Waals surface area (Å²) in [5.74, 6) is 30.1. The van der Waals surface area contributed by atoms with Crippen molar-refractivity contribution in [2.24, 2.45) is 0 Å². The summed E-state index contributed by atoms with van der Waals surface area (Å²) < 4.78 is 0. The fourth-order valence-electron chi connectivity index (χ4n) is 11.1. The van der Waals surface area contributed by atoms with Gasteiger partial charge in [0, 0.05) is 30.6 Å². The van der Waals surface area contributed by atoms with Crippen LogP contribution in [0.4, 0.5) is 0 Å². The van der Waals surface area contributed by atoms with Gasteiger partial charge in [0.2, 0.25) is 0 Å². The highest BCUT2D eigenvalue weighted by Gasteiger charge is 2.37. The van der Waals surface area contributed by atoms with E-state index >= 15 is 0 Å². The molecule has 2 unspecified atom stereocenters. The van der Waals surface area contributed by atoms with Gasteiger partial charge in [-0.15, -0.1) is 45.3 Å². The lowest BCUT2D eigenvalue weighted by atomic mass is 9.66. The van der Waals surface area contributed by atoms with Gasteiger partial charge >= 0.3 is 0 Å². The van der Waals surface area contributed by atoms with Crippen LogP contribution < -0.4 is 0 Å². The van der Waals surface area contributed by atoms with Crippen molar-refractivity contribution in [1.29, 1.82) is 0 Å². The number of benzene rings is 4. The first-order valence-corrected chi connectivity index (χ1v) is 31.4. The van der Waals surface area contributed by atoms with Crippen LogP contribution in [0, 0.1) is 47.4 Å². The molecule has 0 nitrogen and oxygen atoms in total. The van der Waals surface area contributed by atoms with Crippen LogP contribution in [-0.2, 0) is 25.7 Å². The van der Waals surface area contributed by atoms with E-state index in [9.17, 15) is 0 Å². The predicted octanol–water partition coefficient (Wildman–Crippen LogP) is 20.2. The van der Waals surface area contributed by atoms with Gasteiger partial charge in [-0.3, -0.25) is 0 Å². The van der Waals surface area contributed by atoms with Gasteiger partial charge in [-0.1, -0.05) is 189 Å². The quantitative estimate of drug-likeness (QED) is 0.0527. The van der Waals surface area contributed by atoms with E-state index < -0.39 is 0 Å². The first-order valence-electron chi connectivity index (χ1n) is 28.1. The van der Waals surface area contributed by atoms with Gasteiger partial charge in [0.25, 0.3) is 0 Å². The summed E-state index contributed by atoms with van der Waals surface area (Å²) in [5.41, 5.74) is 9.76. The maximum absolute atomic E-state index is 3.96. The van der Waals surface area contributed by atoms with E-state index in [0.29, 0.717) is 0 Å². The molecule has 0 N–H and O–H groups in total. The van der Waals surface area contributed by atoms with Crippen molar-refractivity contribution in [3.05, 3.63) is 169 Å². The first-order chi connectivity index (χ1) is 36.5. The monoisotopic (exact) mass is 1040 g/mol. The maximum atomic E-state index is 3.96. The van der Waals surface area contributed by atoms with Crippen LogP contribution in [0.15, 0.2) is 97.1 Å². The van der Waals surface area contributed by atoms with Crippen molar-refractivity contribution < 1.29 is 0 Å². The number of hydrogen-bond acceptors (Lipinski definition) is 4. The van der Waals surface area contributed by atoms with E-state index in [1.54, 1.807) is 0 Å². The number of unbranched alkanes of at least 4 members (excludes halogenated alkanes) is 12. The molecule has 8 aromatic rings. The largest absolute Gasteiger partial charge is 0.132 e. The summed E-state index contributed by atoms with van der Waals surface area (Å²) in [5, 5.41) is 4.96. The van der Waals surface area contributed by atoms with Crippen LogP contribution in [0.25, 0.3) is 32.7 Å². The van der Waals surface area contributed by atoms with Crippen molar-refractivity contribution >= 4 is 66.9 Å². The number of rotatable bonds is 20. The molecule has 0 spiro atoms. The Hall–Kier alpha value is -5.56. The zero-order valence-corrected chi connectivity index (χ0v) is 47.4. The van der Waals surface area contributed by atoms with Crippen molar-refractivity contribution in [3.63, 3.8) is 0 Å². The minimum atomic E-state index is -0.154. The molecule has 2 atom stereocenters. The fraction of sp³-hybridized carbons (Fsp3) is 0.371. The zero-order chi connectivity index (χ0) is 50.6. The first kappa shape index (κ1) is 51.9. The smallest absolute Gasteiger partial charge is 0.0775 e. The average molecular weight is 1040 g/mol. The third-order valence-corrected chi connectivity index (χ3v) is 19.3.